The highest BCUT2D eigenvalue weighted by molar-refractivity contribution is 9.11. The van der Waals surface area contributed by atoms with Crippen LogP contribution in [0.5, 0.6) is 0 Å². The Morgan fingerprint density at radius 3 is 2.89 bits per heavy atom. The summed E-state index contributed by atoms with van der Waals surface area (Å²) < 4.78 is 0.768. The number of urea groups is 1. The molecule has 5 heteroatoms. The Labute approximate surface area is 115 Å². The summed E-state index contributed by atoms with van der Waals surface area (Å²) in [6.45, 7) is 4.71. The first-order valence-electron chi connectivity index (χ1n) is 5.94. The van der Waals surface area contributed by atoms with Crippen molar-refractivity contribution in [3.63, 3.8) is 0 Å². The second-order valence-electron chi connectivity index (χ2n) is 4.36. The van der Waals surface area contributed by atoms with Crippen LogP contribution in [0.2, 0.25) is 0 Å². The molecule has 1 saturated carbocycles. The van der Waals surface area contributed by atoms with Gasteiger partial charge in [0.2, 0.25) is 0 Å². The van der Waals surface area contributed by atoms with E-state index in [0.717, 1.165) is 23.0 Å². The summed E-state index contributed by atoms with van der Waals surface area (Å²) in [5.74, 6) is 0. The molecule has 0 saturated heterocycles. The molecule has 2 amide bonds. The van der Waals surface area contributed by atoms with E-state index >= 15 is 0 Å². The second-order valence-corrected chi connectivity index (χ2v) is 5.48. The van der Waals surface area contributed by atoms with E-state index in [1.807, 2.05) is 23.1 Å². The number of aromatic nitrogens is 1. The van der Waals surface area contributed by atoms with Crippen LogP contribution in [-0.2, 0) is 6.54 Å². The van der Waals surface area contributed by atoms with Gasteiger partial charge in [-0.1, -0.05) is 28.6 Å². The predicted octanol–water partition coefficient (Wildman–Crippen LogP) is 2.66. The maximum atomic E-state index is 12.1. The van der Waals surface area contributed by atoms with E-state index in [-0.39, 0.29) is 6.03 Å². The third-order valence-electron chi connectivity index (χ3n) is 2.74. The lowest BCUT2D eigenvalue weighted by molar-refractivity contribution is 0.192. The number of pyridine rings is 1. The van der Waals surface area contributed by atoms with Crippen LogP contribution in [0, 0.1) is 0 Å². The molecule has 0 bridgehead atoms. The Bertz CT molecular complexity index is 431. The van der Waals surface area contributed by atoms with Gasteiger partial charge in [-0.3, -0.25) is 4.98 Å². The molecule has 0 spiro atoms. The zero-order valence-electron chi connectivity index (χ0n) is 10.1. The molecule has 0 unspecified atom stereocenters. The summed E-state index contributed by atoms with van der Waals surface area (Å²) >= 11 is 3.23. The summed E-state index contributed by atoms with van der Waals surface area (Å²) in [4.78, 5) is 18.2. The van der Waals surface area contributed by atoms with Gasteiger partial charge >= 0.3 is 6.03 Å². The van der Waals surface area contributed by atoms with E-state index < -0.39 is 0 Å². The number of amides is 2. The SMILES string of the molecule is C=C(Br)CNC(=O)N(Cc1ccccn1)C1CC1. The molecular weight excluding hydrogens is 294 g/mol. The zero-order chi connectivity index (χ0) is 13.0. The first-order chi connectivity index (χ1) is 8.66. The molecule has 96 valence electrons. The van der Waals surface area contributed by atoms with E-state index in [9.17, 15) is 4.79 Å². The van der Waals surface area contributed by atoms with Crippen molar-refractivity contribution in [2.75, 3.05) is 6.54 Å². The number of halogens is 1. The van der Waals surface area contributed by atoms with E-state index in [4.69, 9.17) is 0 Å². The molecule has 1 aromatic rings. The molecule has 2 rings (SSSR count). The van der Waals surface area contributed by atoms with E-state index in [0.29, 0.717) is 19.1 Å². The second kappa shape index (κ2) is 6.00. The van der Waals surface area contributed by atoms with E-state index in [1.165, 1.54) is 0 Å². The lowest BCUT2D eigenvalue weighted by atomic mass is 10.3. The molecule has 1 N–H and O–H groups in total. The number of carbonyl (C=O) groups excluding carboxylic acids is 1. The molecule has 1 heterocycles. The highest BCUT2D eigenvalue weighted by Crippen LogP contribution is 2.28. The standard InChI is InChI=1S/C13H16BrN3O/c1-10(14)8-16-13(18)17(12-5-6-12)9-11-4-2-3-7-15-11/h2-4,7,12H,1,5-6,8-9H2,(H,16,18). The lowest BCUT2D eigenvalue weighted by Gasteiger charge is -2.22. The monoisotopic (exact) mass is 309 g/mol. The number of hydrogen-bond donors (Lipinski definition) is 1. The largest absolute Gasteiger partial charge is 0.333 e. The summed E-state index contributed by atoms with van der Waals surface area (Å²) in [5, 5.41) is 2.84. The molecule has 1 aliphatic rings. The minimum absolute atomic E-state index is 0.0521. The van der Waals surface area contributed by atoms with Crippen LogP contribution in [0.25, 0.3) is 0 Å². The Morgan fingerprint density at radius 2 is 2.33 bits per heavy atom. The van der Waals surface area contributed by atoms with Gasteiger partial charge in [0.15, 0.2) is 0 Å². The van der Waals surface area contributed by atoms with Gasteiger partial charge in [-0.25, -0.2) is 4.79 Å². The van der Waals surface area contributed by atoms with Gasteiger partial charge in [-0.2, -0.15) is 0 Å². The average molecular weight is 310 g/mol. The molecular formula is C13H16BrN3O. The molecule has 4 nitrogen and oxygen atoms in total. The van der Waals surface area contributed by atoms with Crippen LogP contribution >= 0.6 is 15.9 Å². The fourth-order valence-electron chi connectivity index (χ4n) is 1.69. The summed E-state index contributed by atoms with van der Waals surface area (Å²) in [7, 11) is 0. The summed E-state index contributed by atoms with van der Waals surface area (Å²) in [5.41, 5.74) is 0.914. The highest BCUT2D eigenvalue weighted by atomic mass is 79.9. The molecule has 1 fully saturated rings. The van der Waals surface area contributed by atoms with Gasteiger partial charge in [-0.05, 0) is 25.0 Å². The number of carbonyl (C=O) groups is 1. The third-order valence-corrected chi connectivity index (χ3v) is 3.02. The van der Waals surface area contributed by atoms with Gasteiger partial charge in [0.1, 0.15) is 0 Å². The molecule has 0 aromatic carbocycles. The Kier molecular flexibility index (Phi) is 4.36. The van der Waals surface area contributed by atoms with Crippen LogP contribution in [0.3, 0.4) is 0 Å². The lowest BCUT2D eigenvalue weighted by Crippen LogP contribution is -2.41. The van der Waals surface area contributed by atoms with Crippen molar-refractivity contribution in [2.24, 2.45) is 0 Å². The summed E-state index contributed by atoms with van der Waals surface area (Å²) in [6.07, 6.45) is 3.91. The van der Waals surface area contributed by atoms with Crippen molar-refractivity contribution < 1.29 is 4.79 Å². The van der Waals surface area contributed by atoms with Crippen LogP contribution in [0.1, 0.15) is 18.5 Å². The fraction of sp³-hybridized carbons (Fsp3) is 0.385. The zero-order valence-corrected chi connectivity index (χ0v) is 11.7. The minimum Gasteiger partial charge on any atom is -0.333 e. The topological polar surface area (TPSA) is 45.2 Å². The molecule has 18 heavy (non-hydrogen) atoms. The Hall–Kier alpha value is -1.36. The van der Waals surface area contributed by atoms with Gasteiger partial charge in [-0.15, -0.1) is 0 Å². The molecule has 0 aliphatic heterocycles. The normalized spacial score (nSPS) is 14.1. The van der Waals surface area contributed by atoms with Crippen LogP contribution in [-0.4, -0.2) is 28.5 Å². The van der Waals surface area contributed by atoms with Gasteiger partial charge in [0, 0.05) is 16.7 Å². The first-order valence-corrected chi connectivity index (χ1v) is 6.74. The fourth-order valence-corrected chi connectivity index (χ4v) is 1.83. The predicted molar refractivity (Wildman–Crippen MR) is 74.3 cm³/mol. The average Bonchev–Trinajstić information content (AvgIpc) is 3.18. The van der Waals surface area contributed by atoms with Gasteiger partial charge < -0.3 is 10.2 Å². The van der Waals surface area contributed by atoms with Gasteiger partial charge in [0.25, 0.3) is 0 Å². The third kappa shape index (κ3) is 3.84. The maximum absolute atomic E-state index is 12.1. The van der Waals surface area contributed by atoms with Crippen LogP contribution in [0.4, 0.5) is 4.79 Å². The van der Waals surface area contributed by atoms with E-state index in [2.05, 4.69) is 32.8 Å². The summed E-state index contributed by atoms with van der Waals surface area (Å²) in [6, 6.07) is 6.05. The van der Waals surface area contributed by atoms with Gasteiger partial charge in [0.05, 0.1) is 18.8 Å². The van der Waals surface area contributed by atoms with Crippen molar-refractivity contribution in [2.45, 2.75) is 25.4 Å². The van der Waals surface area contributed by atoms with Crippen LogP contribution in [0.15, 0.2) is 35.5 Å². The number of rotatable bonds is 5. The minimum atomic E-state index is -0.0521. The van der Waals surface area contributed by atoms with Crippen molar-refractivity contribution in [3.05, 3.63) is 41.2 Å². The van der Waals surface area contributed by atoms with Crippen molar-refractivity contribution in [1.82, 2.24) is 15.2 Å². The quantitative estimate of drug-likeness (QED) is 0.909. The van der Waals surface area contributed by atoms with E-state index in [1.54, 1.807) is 6.20 Å². The molecule has 1 aliphatic carbocycles. The Morgan fingerprint density at radius 1 is 1.56 bits per heavy atom. The smallest absolute Gasteiger partial charge is 0.318 e. The highest BCUT2D eigenvalue weighted by Gasteiger charge is 2.32. The number of nitrogens with zero attached hydrogens (tertiary/aromatic N) is 2. The molecule has 0 atom stereocenters. The van der Waals surface area contributed by atoms with Crippen molar-refractivity contribution in [3.8, 4) is 0 Å². The van der Waals surface area contributed by atoms with Crippen molar-refractivity contribution >= 4 is 22.0 Å². The Balaban J connectivity index is 1.95. The first kappa shape index (κ1) is 13.1. The number of nitrogens with one attached hydrogen (secondary N) is 1. The molecule has 1 aromatic heterocycles. The maximum Gasteiger partial charge on any atom is 0.318 e. The number of hydrogen-bond acceptors (Lipinski definition) is 2. The van der Waals surface area contributed by atoms with Crippen LogP contribution < -0.4 is 5.32 Å². The van der Waals surface area contributed by atoms with Crippen molar-refractivity contribution in [1.29, 1.82) is 0 Å². The molecule has 0 radical (unpaired) electrons.